The number of rotatable bonds is 25. The number of para-hydroxylation sites is 1. The predicted molar refractivity (Wildman–Crippen MR) is 123 cm³/mol. The van der Waals surface area contributed by atoms with Crippen LogP contribution in [0.5, 0.6) is 5.75 Å². The van der Waals surface area contributed by atoms with Crippen molar-refractivity contribution < 1.29 is 37.9 Å². The minimum atomic E-state index is 0.528. The average molecular weight is 459 g/mol. The van der Waals surface area contributed by atoms with Crippen LogP contribution in [0, 0.1) is 0 Å². The molecule has 1 aromatic carbocycles. The van der Waals surface area contributed by atoms with Gasteiger partial charge >= 0.3 is 0 Å². The molecule has 0 atom stereocenters. The number of hydrogen-bond donors (Lipinski definition) is 0. The van der Waals surface area contributed by atoms with Gasteiger partial charge in [-0.15, -0.1) is 0 Å². The van der Waals surface area contributed by atoms with E-state index in [2.05, 4.69) is 6.92 Å². The first-order chi connectivity index (χ1) is 15.9. The fourth-order valence-electron chi connectivity index (χ4n) is 2.40. The molecule has 8 nitrogen and oxygen atoms in total. The van der Waals surface area contributed by atoms with Crippen molar-refractivity contribution in [3.8, 4) is 5.75 Å². The van der Waals surface area contributed by atoms with Crippen LogP contribution in [0.1, 0.15) is 19.8 Å². The highest BCUT2D eigenvalue weighted by Gasteiger charge is 1.95. The molecule has 0 heterocycles. The zero-order chi connectivity index (χ0) is 22.8. The molecular formula is C24H42O8. The summed E-state index contributed by atoms with van der Waals surface area (Å²) in [4.78, 5) is 0. The molecule has 1 aromatic rings. The third-order valence-corrected chi connectivity index (χ3v) is 4.11. The molecule has 0 aromatic heterocycles. The van der Waals surface area contributed by atoms with E-state index in [9.17, 15) is 0 Å². The van der Waals surface area contributed by atoms with Gasteiger partial charge in [0, 0.05) is 6.61 Å². The van der Waals surface area contributed by atoms with Gasteiger partial charge in [-0.1, -0.05) is 31.5 Å². The summed E-state index contributed by atoms with van der Waals surface area (Å²) in [6.07, 6.45) is 2.25. The van der Waals surface area contributed by atoms with Crippen molar-refractivity contribution in [2.24, 2.45) is 0 Å². The van der Waals surface area contributed by atoms with Crippen LogP contribution in [0.3, 0.4) is 0 Å². The number of ether oxygens (including phenoxy) is 8. The molecule has 0 saturated carbocycles. The summed E-state index contributed by atoms with van der Waals surface area (Å²) >= 11 is 0. The zero-order valence-electron chi connectivity index (χ0n) is 19.7. The second-order valence-corrected chi connectivity index (χ2v) is 6.80. The van der Waals surface area contributed by atoms with Gasteiger partial charge in [-0.2, -0.15) is 0 Å². The highest BCUT2D eigenvalue weighted by atomic mass is 16.6. The number of unbranched alkanes of at least 4 members (excludes halogenated alkanes) is 1. The highest BCUT2D eigenvalue weighted by Crippen LogP contribution is 2.07. The first kappa shape index (κ1) is 28.8. The summed E-state index contributed by atoms with van der Waals surface area (Å²) in [5.74, 6) is 0.852. The van der Waals surface area contributed by atoms with Crippen LogP contribution in [0.4, 0.5) is 0 Å². The minimum absolute atomic E-state index is 0.528. The van der Waals surface area contributed by atoms with E-state index >= 15 is 0 Å². The van der Waals surface area contributed by atoms with Crippen LogP contribution in [0.2, 0.25) is 0 Å². The van der Waals surface area contributed by atoms with E-state index in [1.807, 2.05) is 30.3 Å². The van der Waals surface area contributed by atoms with Crippen LogP contribution in [-0.2, 0) is 33.2 Å². The summed E-state index contributed by atoms with van der Waals surface area (Å²) in [5.41, 5.74) is 0. The van der Waals surface area contributed by atoms with Gasteiger partial charge in [0.25, 0.3) is 0 Å². The van der Waals surface area contributed by atoms with Crippen LogP contribution in [-0.4, -0.2) is 99.1 Å². The molecule has 0 aliphatic heterocycles. The Kier molecular flexibility index (Phi) is 21.9. The molecule has 1 rings (SSSR count). The minimum Gasteiger partial charge on any atom is -0.491 e. The standard InChI is InChI=1S/C24H42O8/c1-2-3-9-25-10-11-26-12-13-27-14-15-28-16-17-29-18-19-30-20-21-31-22-23-32-24-7-5-4-6-8-24/h4-8H,2-3,9-23H2,1H3. The topological polar surface area (TPSA) is 73.8 Å². The fraction of sp³-hybridized carbons (Fsp3) is 0.750. The van der Waals surface area contributed by atoms with Gasteiger partial charge in [0.1, 0.15) is 12.4 Å². The van der Waals surface area contributed by atoms with E-state index in [1.54, 1.807) is 0 Å². The molecule has 0 N–H and O–H groups in total. The molecule has 0 fully saturated rings. The quantitative estimate of drug-likeness (QED) is 0.207. The third-order valence-electron chi connectivity index (χ3n) is 4.11. The molecule has 0 amide bonds. The second kappa shape index (κ2) is 24.4. The van der Waals surface area contributed by atoms with Crippen molar-refractivity contribution in [2.75, 3.05) is 99.1 Å². The molecule has 0 unspecified atom stereocenters. The molecule has 0 saturated heterocycles. The Morgan fingerprint density at radius 2 is 0.781 bits per heavy atom. The predicted octanol–water partition coefficient (Wildman–Crippen LogP) is 2.98. The maximum atomic E-state index is 5.54. The van der Waals surface area contributed by atoms with Crippen molar-refractivity contribution >= 4 is 0 Å². The molecule has 0 aliphatic carbocycles. The van der Waals surface area contributed by atoms with Crippen molar-refractivity contribution in [1.29, 1.82) is 0 Å². The lowest BCUT2D eigenvalue weighted by Crippen LogP contribution is -2.15. The van der Waals surface area contributed by atoms with E-state index in [0.29, 0.717) is 92.5 Å². The molecular weight excluding hydrogens is 416 g/mol. The van der Waals surface area contributed by atoms with Crippen molar-refractivity contribution in [1.82, 2.24) is 0 Å². The Morgan fingerprint density at radius 3 is 1.16 bits per heavy atom. The fourth-order valence-corrected chi connectivity index (χ4v) is 2.40. The van der Waals surface area contributed by atoms with E-state index in [0.717, 1.165) is 25.2 Å². The molecule has 0 bridgehead atoms. The Hall–Kier alpha value is -1.26. The van der Waals surface area contributed by atoms with E-state index in [1.165, 1.54) is 0 Å². The number of hydrogen-bond acceptors (Lipinski definition) is 8. The smallest absolute Gasteiger partial charge is 0.119 e. The molecule has 186 valence electrons. The van der Waals surface area contributed by atoms with Gasteiger partial charge in [-0.25, -0.2) is 0 Å². The van der Waals surface area contributed by atoms with Gasteiger partial charge < -0.3 is 37.9 Å². The van der Waals surface area contributed by atoms with Crippen molar-refractivity contribution in [2.45, 2.75) is 19.8 Å². The Labute approximate surface area is 193 Å². The summed E-state index contributed by atoms with van der Waals surface area (Å²) in [6, 6.07) is 9.69. The lowest BCUT2D eigenvalue weighted by atomic mass is 10.3. The van der Waals surface area contributed by atoms with Crippen LogP contribution in [0.15, 0.2) is 30.3 Å². The lowest BCUT2D eigenvalue weighted by molar-refractivity contribution is -0.0212. The van der Waals surface area contributed by atoms with Gasteiger partial charge in [-0.05, 0) is 18.6 Å². The Bertz CT molecular complexity index is 474. The molecule has 8 heteroatoms. The lowest BCUT2D eigenvalue weighted by Gasteiger charge is -2.09. The van der Waals surface area contributed by atoms with E-state index in [4.69, 9.17) is 37.9 Å². The van der Waals surface area contributed by atoms with Gasteiger partial charge in [-0.3, -0.25) is 0 Å². The maximum Gasteiger partial charge on any atom is 0.119 e. The Morgan fingerprint density at radius 1 is 0.438 bits per heavy atom. The molecule has 32 heavy (non-hydrogen) atoms. The summed E-state index contributed by atoms with van der Waals surface area (Å²) in [7, 11) is 0. The number of benzene rings is 1. The normalized spacial score (nSPS) is 11.2. The van der Waals surface area contributed by atoms with Crippen LogP contribution in [0.25, 0.3) is 0 Å². The van der Waals surface area contributed by atoms with Crippen LogP contribution >= 0.6 is 0 Å². The summed E-state index contributed by atoms with van der Waals surface area (Å²) in [6.45, 7) is 10.8. The molecule has 0 spiro atoms. The summed E-state index contributed by atoms with van der Waals surface area (Å²) in [5, 5.41) is 0. The molecule has 0 radical (unpaired) electrons. The zero-order valence-corrected chi connectivity index (χ0v) is 19.7. The van der Waals surface area contributed by atoms with Gasteiger partial charge in [0.15, 0.2) is 0 Å². The average Bonchev–Trinajstić information content (AvgIpc) is 2.82. The van der Waals surface area contributed by atoms with Crippen LogP contribution < -0.4 is 4.74 Å². The van der Waals surface area contributed by atoms with Gasteiger partial charge in [0.2, 0.25) is 0 Å². The third kappa shape index (κ3) is 20.6. The van der Waals surface area contributed by atoms with E-state index < -0.39 is 0 Å². The maximum absolute atomic E-state index is 5.54. The van der Waals surface area contributed by atoms with Crippen molar-refractivity contribution in [3.05, 3.63) is 30.3 Å². The monoisotopic (exact) mass is 458 g/mol. The van der Waals surface area contributed by atoms with Gasteiger partial charge in [0.05, 0.1) is 85.9 Å². The van der Waals surface area contributed by atoms with Crippen molar-refractivity contribution in [3.63, 3.8) is 0 Å². The Balaban J connectivity index is 1.64. The molecule has 0 aliphatic rings. The second-order valence-electron chi connectivity index (χ2n) is 6.80. The summed E-state index contributed by atoms with van der Waals surface area (Å²) < 4.78 is 43.6. The SMILES string of the molecule is CCCCOCCOCCOCCOCCOCCOCCOCCOc1ccccc1. The first-order valence-corrected chi connectivity index (χ1v) is 11.7. The highest BCUT2D eigenvalue weighted by molar-refractivity contribution is 5.20. The van der Waals surface area contributed by atoms with E-state index in [-0.39, 0.29) is 0 Å². The largest absolute Gasteiger partial charge is 0.491 e. The first-order valence-electron chi connectivity index (χ1n) is 11.7.